The first-order valence-electron chi connectivity index (χ1n) is 10.2. The summed E-state index contributed by atoms with van der Waals surface area (Å²) in [6, 6.07) is 18.9. The van der Waals surface area contributed by atoms with Gasteiger partial charge in [-0.15, -0.1) is 0 Å². The lowest BCUT2D eigenvalue weighted by Crippen LogP contribution is -2.30. The minimum absolute atomic E-state index is 0.189. The molecule has 8 nitrogen and oxygen atoms in total. The molecule has 33 heavy (non-hydrogen) atoms. The van der Waals surface area contributed by atoms with Crippen molar-refractivity contribution >= 4 is 40.1 Å². The maximum atomic E-state index is 13.0. The lowest BCUT2D eigenvalue weighted by Gasteiger charge is -2.15. The zero-order valence-corrected chi connectivity index (χ0v) is 18.0. The molecule has 166 valence electrons. The van der Waals surface area contributed by atoms with Crippen LogP contribution in [0.15, 0.2) is 77.4 Å². The molecule has 2 N–H and O–H groups in total. The third-order valence-electron chi connectivity index (χ3n) is 4.84. The maximum absolute atomic E-state index is 13.0. The Kier molecular flexibility index (Phi) is 6.17. The highest BCUT2D eigenvalue weighted by atomic mass is 16.5. The fourth-order valence-electron chi connectivity index (χ4n) is 3.26. The summed E-state index contributed by atoms with van der Waals surface area (Å²) in [6.07, 6.45) is 0.478. The van der Waals surface area contributed by atoms with Crippen LogP contribution >= 0.6 is 0 Å². The number of ether oxygens (including phenoxy) is 1. The fraction of sp³-hybridized carbons (Fsp3) is 0.120. The standard InChI is InChI=1S/C25H21N3O5/c1-15(24(30)27-18-11-9-17(10-12-18)26-16(2)29)33-25(31)20-14-22(23-8-5-13-32-23)28-21-7-4-3-6-19(20)21/h3-15H,1-2H3,(H,26,29)(H,27,30)/t15-/m1/s1. The number of aromatic nitrogens is 1. The summed E-state index contributed by atoms with van der Waals surface area (Å²) in [5.41, 5.74) is 2.49. The first-order chi connectivity index (χ1) is 15.9. The number of hydrogen-bond donors (Lipinski definition) is 2. The number of hydrogen-bond acceptors (Lipinski definition) is 6. The molecular formula is C25H21N3O5. The van der Waals surface area contributed by atoms with E-state index < -0.39 is 18.0 Å². The smallest absolute Gasteiger partial charge is 0.339 e. The van der Waals surface area contributed by atoms with Gasteiger partial charge in [0.1, 0.15) is 5.69 Å². The maximum Gasteiger partial charge on any atom is 0.339 e. The van der Waals surface area contributed by atoms with Crippen molar-refractivity contribution in [3.8, 4) is 11.5 Å². The van der Waals surface area contributed by atoms with Gasteiger partial charge < -0.3 is 19.8 Å². The molecule has 2 aromatic carbocycles. The Morgan fingerprint density at radius 1 is 0.939 bits per heavy atom. The minimum atomic E-state index is -1.05. The number of anilines is 2. The third-order valence-corrected chi connectivity index (χ3v) is 4.84. The number of amides is 2. The minimum Gasteiger partial charge on any atom is -0.463 e. The number of para-hydroxylation sites is 1. The van der Waals surface area contributed by atoms with Crippen LogP contribution in [0.5, 0.6) is 0 Å². The van der Waals surface area contributed by atoms with Gasteiger partial charge in [-0.1, -0.05) is 18.2 Å². The summed E-state index contributed by atoms with van der Waals surface area (Å²) in [4.78, 5) is 41.2. The van der Waals surface area contributed by atoms with Gasteiger partial charge in [0.2, 0.25) is 5.91 Å². The molecule has 0 saturated carbocycles. The van der Waals surface area contributed by atoms with Crippen LogP contribution in [0.1, 0.15) is 24.2 Å². The predicted molar refractivity (Wildman–Crippen MR) is 124 cm³/mol. The van der Waals surface area contributed by atoms with E-state index in [1.807, 2.05) is 6.07 Å². The second kappa shape index (κ2) is 9.35. The number of carbonyl (C=O) groups excluding carboxylic acids is 3. The highest BCUT2D eigenvalue weighted by Crippen LogP contribution is 2.26. The highest BCUT2D eigenvalue weighted by molar-refractivity contribution is 6.06. The molecule has 0 spiro atoms. The van der Waals surface area contributed by atoms with E-state index in [-0.39, 0.29) is 11.5 Å². The summed E-state index contributed by atoms with van der Waals surface area (Å²) in [6.45, 7) is 2.91. The van der Waals surface area contributed by atoms with Crippen molar-refractivity contribution in [3.05, 3.63) is 78.6 Å². The molecule has 0 bridgehead atoms. The summed E-state index contributed by atoms with van der Waals surface area (Å²) >= 11 is 0. The van der Waals surface area contributed by atoms with Crippen LogP contribution in [0, 0.1) is 0 Å². The molecule has 0 unspecified atom stereocenters. The summed E-state index contributed by atoms with van der Waals surface area (Å²) in [5.74, 6) is -0.806. The number of rotatable bonds is 6. The largest absolute Gasteiger partial charge is 0.463 e. The first-order valence-corrected chi connectivity index (χ1v) is 10.2. The number of carbonyl (C=O) groups is 3. The van der Waals surface area contributed by atoms with Crippen molar-refractivity contribution in [1.29, 1.82) is 0 Å². The highest BCUT2D eigenvalue weighted by Gasteiger charge is 2.22. The number of nitrogens with one attached hydrogen (secondary N) is 2. The topological polar surface area (TPSA) is 111 Å². The predicted octanol–water partition coefficient (Wildman–Crippen LogP) is 4.64. The van der Waals surface area contributed by atoms with Crippen LogP contribution in [-0.4, -0.2) is 28.9 Å². The molecule has 0 fully saturated rings. The van der Waals surface area contributed by atoms with E-state index >= 15 is 0 Å². The third kappa shape index (κ3) is 5.07. The van der Waals surface area contributed by atoms with Crippen molar-refractivity contribution in [3.63, 3.8) is 0 Å². The van der Waals surface area contributed by atoms with Crippen LogP contribution in [-0.2, 0) is 14.3 Å². The zero-order chi connectivity index (χ0) is 23.4. The number of esters is 1. The molecule has 8 heteroatoms. The average Bonchev–Trinajstić information content (AvgIpc) is 3.34. The van der Waals surface area contributed by atoms with E-state index in [9.17, 15) is 14.4 Å². The molecule has 1 atom stereocenters. The number of pyridine rings is 1. The van der Waals surface area contributed by atoms with Gasteiger partial charge in [-0.25, -0.2) is 9.78 Å². The quantitative estimate of drug-likeness (QED) is 0.420. The Bertz CT molecular complexity index is 1310. The molecule has 0 aliphatic rings. The molecule has 4 rings (SSSR count). The second-order valence-corrected chi connectivity index (χ2v) is 7.34. The van der Waals surface area contributed by atoms with Crippen LogP contribution in [0.2, 0.25) is 0 Å². The van der Waals surface area contributed by atoms with Crippen LogP contribution < -0.4 is 10.6 Å². The van der Waals surface area contributed by atoms with E-state index in [4.69, 9.17) is 9.15 Å². The van der Waals surface area contributed by atoms with Gasteiger partial charge >= 0.3 is 5.97 Å². The van der Waals surface area contributed by atoms with Crippen molar-refractivity contribution in [2.45, 2.75) is 20.0 Å². The van der Waals surface area contributed by atoms with Crippen molar-refractivity contribution in [2.75, 3.05) is 10.6 Å². The van der Waals surface area contributed by atoms with Gasteiger partial charge in [0, 0.05) is 23.7 Å². The summed E-state index contributed by atoms with van der Waals surface area (Å²) < 4.78 is 10.9. The van der Waals surface area contributed by atoms with Crippen LogP contribution in [0.3, 0.4) is 0 Å². The normalized spacial score (nSPS) is 11.6. The molecule has 2 aromatic heterocycles. The number of nitrogens with zero attached hydrogens (tertiary/aromatic N) is 1. The lowest BCUT2D eigenvalue weighted by molar-refractivity contribution is -0.123. The summed E-state index contributed by atoms with van der Waals surface area (Å²) in [7, 11) is 0. The Balaban J connectivity index is 1.50. The molecule has 0 saturated heterocycles. The van der Waals surface area contributed by atoms with Crippen molar-refractivity contribution in [2.24, 2.45) is 0 Å². The van der Waals surface area contributed by atoms with Gasteiger partial charge in [0.25, 0.3) is 5.91 Å². The molecule has 0 radical (unpaired) electrons. The van der Waals surface area contributed by atoms with E-state index in [2.05, 4.69) is 15.6 Å². The second-order valence-electron chi connectivity index (χ2n) is 7.34. The van der Waals surface area contributed by atoms with Crippen LogP contribution in [0.25, 0.3) is 22.4 Å². The van der Waals surface area contributed by atoms with Gasteiger partial charge in [-0.3, -0.25) is 9.59 Å². The number of benzene rings is 2. The van der Waals surface area contributed by atoms with Gasteiger partial charge in [0.15, 0.2) is 11.9 Å². The molecular weight excluding hydrogens is 422 g/mol. The van der Waals surface area contributed by atoms with E-state index in [1.54, 1.807) is 60.7 Å². The molecule has 2 amide bonds. The van der Waals surface area contributed by atoms with Crippen molar-refractivity contribution in [1.82, 2.24) is 4.98 Å². The van der Waals surface area contributed by atoms with E-state index in [1.165, 1.54) is 20.1 Å². The summed E-state index contributed by atoms with van der Waals surface area (Å²) in [5, 5.41) is 5.95. The van der Waals surface area contributed by atoms with Gasteiger partial charge in [-0.05, 0) is 55.5 Å². The molecule has 0 aliphatic heterocycles. The van der Waals surface area contributed by atoms with Gasteiger partial charge in [-0.2, -0.15) is 0 Å². The van der Waals surface area contributed by atoms with E-state index in [0.717, 1.165) is 0 Å². The fourth-order valence-corrected chi connectivity index (χ4v) is 3.26. The molecule has 2 heterocycles. The first kappa shape index (κ1) is 21.8. The Labute approximate surface area is 189 Å². The van der Waals surface area contributed by atoms with Crippen molar-refractivity contribution < 1.29 is 23.5 Å². The lowest BCUT2D eigenvalue weighted by atomic mass is 10.1. The number of fused-ring (bicyclic) bond motifs is 1. The average molecular weight is 443 g/mol. The molecule has 4 aromatic rings. The Morgan fingerprint density at radius 3 is 2.30 bits per heavy atom. The Hall–Kier alpha value is -4.46. The van der Waals surface area contributed by atoms with E-state index in [0.29, 0.717) is 33.7 Å². The molecule has 0 aliphatic carbocycles. The number of furan rings is 1. The zero-order valence-electron chi connectivity index (χ0n) is 18.0. The monoisotopic (exact) mass is 443 g/mol. The Morgan fingerprint density at radius 2 is 1.64 bits per heavy atom. The SMILES string of the molecule is CC(=O)Nc1ccc(NC(=O)[C@@H](C)OC(=O)c2cc(-c3ccco3)nc3ccccc23)cc1. The van der Waals surface area contributed by atoms with Gasteiger partial charge in [0.05, 0.1) is 17.3 Å². The van der Waals surface area contributed by atoms with Crippen LogP contribution in [0.4, 0.5) is 11.4 Å².